The molecule has 3 aromatic rings. The van der Waals surface area contributed by atoms with Crippen LogP contribution >= 0.6 is 23.1 Å². The molecule has 2 aromatic heterocycles. The Labute approximate surface area is 182 Å². The van der Waals surface area contributed by atoms with Crippen molar-refractivity contribution >= 4 is 50.3 Å². The number of aromatic nitrogens is 4. The largest absolute Gasteiger partial charge is 0.494 e. The van der Waals surface area contributed by atoms with Gasteiger partial charge in [-0.1, -0.05) is 23.1 Å². The summed E-state index contributed by atoms with van der Waals surface area (Å²) >= 11 is 2.81. The maximum atomic E-state index is 12.5. The average Bonchev–Trinajstić information content (AvgIpc) is 3.35. The summed E-state index contributed by atoms with van der Waals surface area (Å²) in [6.07, 6.45) is 0. The summed E-state index contributed by atoms with van der Waals surface area (Å²) in [6, 6.07) is 5.73. The number of nitrogens with one attached hydrogen (secondary N) is 1. The standard InChI is InChI=1S/C19H24N6O3S2/c1-3-25-18(24-7-9-27-10-8-24)22-23-19(25)29-12-16(26)21-17-20-14-6-5-13(28-4-2)11-15(14)30-17/h5-6,11H,3-4,7-10,12H2,1-2H3,(H,20,21,26). The second-order valence-corrected chi connectivity index (χ2v) is 8.52. The fourth-order valence-electron chi connectivity index (χ4n) is 3.16. The van der Waals surface area contributed by atoms with Crippen LogP contribution < -0.4 is 15.0 Å². The quantitative estimate of drug-likeness (QED) is 0.526. The first kappa shape index (κ1) is 20.9. The van der Waals surface area contributed by atoms with Crippen molar-refractivity contribution in [3.8, 4) is 5.75 Å². The molecule has 1 amide bonds. The molecule has 0 unspecified atom stereocenters. The van der Waals surface area contributed by atoms with Crippen molar-refractivity contribution in [2.75, 3.05) is 48.9 Å². The van der Waals surface area contributed by atoms with Crippen molar-refractivity contribution in [3.63, 3.8) is 0 Å². The number of hydrogen-bond acceptors (Lipinski definition) is 9. The number of carbonyl (C=O) groups excluding carboxylic acids is 1. The van der Waals surface area contributed by atoms with Crippen LogP contribution in [-0.4, -0.2) is 64.3 Å². The summed E-state index contributed by atoms with van der Waals surface area (Å²) in [5.41, 5.74) is 0.840. The fraction of sp³-hybridized carbons (Fsp3) is 0.474. The van der Waals surface area contributed by atoms with Crippen molar-refractivity contribution in [1.82, 2.24) is 19.7 Å². The van der Waals surface area contributed by atoms with E-state index in [2.05, 4.69) is 32.3 Å². The molecule has 1 N–H and O–H groups in total. The molecule has 0 radical (unpaired) electrons. The third kappa shape index (κ3) is 4.68. The van der Waals surface area contributed by atoms with Crippen LogP contribution in [0.2, 0.25) is 0 Å². The van der Waals surface area contributed by atoms with Crippen LogP contribution in [0.15, 0.2) is 23.4 Å². The summed E-state index contributed by atoms with van der Waals surface area (Å²) < 4.78 is 13.9. The number of ether oxygens (including phenoxy) is 2. The van der Waals surface area contributed by atoms with Crippen LogP contribution in [0.1, 0.15) is 13.8 Å². The molecule has 0 bridgehead atoms. The first-order valence-corrected chi connectivity index (χ1v) is 11.7. The lowest BCUT2D eigenvalue weighted by atomic mass is 10.3. The number of thioether (sulfide) groups is 1. The Hall–Kier alpha value is -2.37. The number of benzene rings is 1. The van der Waals surface area contributed by atoms with E-state index < -0.39 is 0 Å². The van der Waals surface area contributed by atoms with Gasteiger partial charge >= 0.3 is 0 Å². The van der Waals surface area contributed by atoms with Crippen molar-refractivity contribution in [2.45, 2.75) is 25.5 Å². The van der Waals surface area contributed by atoms with Gasteiger partial charge in [-0.05, 0) is 32.0 Å². The minimum atomic E-state index is -0.123. The molecule has 0 saturated carbocycles. The summed E-state index contributed by atoms with van der Waals surface area (Å²) in [5.74, 6) is 1.75. The van der Waals surface area contributed by atoms with Crippen molar-refractivity contribution in [2.24, 2.45) is 0 Å². The summed E-state index contributed by atoms with van der Waals surface area (Å²) in [6.45, 7) is 8.33. The van der Waals surface area contributed by atoms with Gasteiger partial charge in [0.25, 0.3) is 0 Å². The van der Waals surface area contributed by atoms with Crippen LogP contribution in [-0.2, 0) is 16.1 Å². The number of carbonyl (C=O) groups is 1. The second-order valence-electron chi connectivity index (χ2n) is 6.54. The Kier molecular flexibility index (Phi) is 6.70. The molecule has 3 heterocycles. The normalized spacial score (nSPS) is 14.3. The number of nitrogens with zero attached hydrogens (tertiary/aromatic N) is 5. The van der Waals surface area contributed by atoms with E-state index in [0.717, 1.165) is 46.7 Å². The molecule has 4 rings (SSSR count). The minimum Gasteiger partial charge on any atom is -0.494 e. The lowest BCUT2D eigenvalue weighted by molar-refractivity contribution is -0.113. The van der Waals surface area contributed by atoms with Gasteiger partial charge < -0.3 is 19.7 Å². The van der Waals surface area contributed by atoms with Gasteiger partial charge in [-0.15, -0.1) is 10.2 Å². The van der Waals surface area contributed by atoms with Gasteiger partial charge in [0.05, 0.1) is 35.8 Å². The molecule has 1 aliphatic rings. The molecule has 0 aliphatic carbocycles. The monoisotopic (exact) mass is 448 g/mol. The van der Waals surface area contributed by atoms with E-state index in [1.807, 2.05) is 29.7 Å². The molecule has 160 valence electrons. The zero-order chi connectivity index (χ0) is 20.9. The molecular weight excluding hydrogens is 424 g/mol. The molecule has 30 heavy (non-hydrogen) atoms. The van der Waals surface area contributed by atoms with Gasteiger partial charge in [0.15, 0.2) is 10.3 Å². The zero-order valence-electron chi connectivity index (χ0n) is 17.0. The maximum Gasteiger partial charge on any atom is 0.236 e. The van der Waals surface area contributed by atoms with Gasteiger partial charge in [-0.25, -0.2) is 4.98 Å². The molecule has 11 heteroatoms. The van der Waals surface area contributed by atoms with E-state index in [-0.39, 0.29) is 11.7 Å². The van der Waals surface area contributed by atoms with Crippen molar-refractivity contribution in [3.05, 3.63) is 18.2 Å². The number of anilines is 2. The summed E-state index contributed by atoms with van der Waals surface area (Å²) in [7, 11) is 0. The molecule has 0 spiro atoms. The minimum absolute atomic E-state index is 0.123. The topological polar surface area (TPSA) is 94.4 Å². The number of hydrogen-bond donors (Lipinski definition) is 1. The van der Waals surface area contributed by atoms with Crippen LogP contribution in [0, 0.1) is 0 Å². The van der Waals surface area contributed by atoms with Crippen LogP contribution in [0.3, 0.4) is 0 Å². The molecule has 1 aliphatic heterocycles. The van der Waals surface area contributed by atoms with E-state index >= 15 is 0 Å². The lowest BCUT2D eigenvalue weighted by Crippen LogP contribution is -2.38. The first-order chi connectivity index (χ1) is 14.7. The van der Waals surface area contributed by atoms with E-state index in [9.17, 15) is 4.79 Å². The Bertz CT molecular complexity index is 1020. The summed E-state index contributed by atoms with van der Waals surface area (Å²) in [4.78, 5) is 19.1. The van der Waals surface area contributed by atoms with Crippen molar-refractivity contribution in [1.29, 1.82) is 0 Å². The fourth-order valence-corrected chi connectivity index (χ4v) is 4.87. The number of thiazole rings is 1. The van der Waals surface area contributed by atoms with Gasteiger partial charge in [-0.2, -0.15) is 0 Å². The Morgan fingerprint density at radius 2 is 2.13 bits per heavy atom. The molecule has 1 aromatic carbocycles. The highest BCUT2D eigenvalue weighted by Crippen LogP contribution is 2.29. The van der Waals surface area contributed by atoms with E-state index in [0.29, 0.717) is 25.0 Å². The van der Waals surface area contributed by atoms with E-state index in [4.69, 9.17) is 9.47 Å². The lowest BCUT2D eigenvalue weighted by Gasteiger charge is -2.27. The van der Waals surface area contributed by atoms with Crippen LogP contribution in [0.5, 0.6) is 5.75 Å². The number of amides is 1. The Morgan fingerprint density at radius 1 is 1.30 bits per heavy atom. The highest BCUT2D eigenvalue weighted by molar-refractivity contribution is 7.99. The second kappa shape index (κ2) is 9.63. The number of rotatable bonds is 8. The molecule has 1 fully saturated rings. The predicted octanol–water partition coefficient (Wildman–Crippen LogP) is 2.87. The van der Waals surface area contributed by atoms with Crippen LogP contribution in [0.4, 0.5) is 11.1 Å². The predicted molar refractivity (Wildman–Crippen MR) is 119 cm³/mol. The Morgan fingerprint density at radius 3 is 2.90 bits per heavy atom. The van der Waals surface area contributed by atoms with E-state index in [1.165, 1.54) is 23.1 Å². The average molecular weight is 449 g/mol. The highest BCUT2D eigenvalue weighted by atomic mass is 32.2. The maximum absolute atomic E-state index is 12.5. The molecule has 1 saturated heterocycles. The molecule has 0 atom stereocenters. The van der Waals surface area contributed by atoms with Gasteiger partial charge in [-0.3, -0.25) is 9.36 Å². The Balaban J connectivity index is 1.38. The number of morpholine rings is 1. The third-order valence-electron chi connectivity index (χ3n) is 4.56. The first-order valence-electron chi connectivity index (χ1n) is 9.90. The van der Waals surface area contributed by atoms with Gasteiger partial charge in [0.2, 0.25) is 11.9 Å². The number of fused-ring (bicyclic) bond motifs is 1. The molecule has 9 nitrogen and oxygen atoms in total. The van der Waals surface area contributed by atoms with Crippen molar-refractivity contribution < 1.29 is 14.3 Å². The van der Waals surface area contributed by atoms with Gasteiger partial charge in [0.1, 0.15) is 5.75 Å². The zero-order valence-corrected chi connectivity index (χ0v) is 18.6. The van der Waals surface area contributed by atoms with E-state index in [1.54, 1.807) is 0 Å². The summed E-state index contributed by atoms with van der Waals surface area (Å²) in [5, 5.41) is 12.8. The molecular formula is C19H24N6O3S2. The SMILES string of the molecule is CCOc1ccc2nc(NC(=O)CSc3nnc(N4CCOCC4)n3CC)sc2c1. The highest BCUT2D eigenvalue weighted by Gasteiger charge is 2.20. The third-order valence-corrected chi connectivity index (χ3v) is 6.46. The van der Waals surface area contributed by atoms with Gasteiger partial charge in [0, 0.05) is 19.6 Å². The smallest absolute Gasteiger partial charge is 0.236 e. The van der Waals surface area contributed by atoms with Crippen LogP contribution in [0.25, 0.3) is 10.2 Å².